The second-order valence-corrected chi connectivity index (χ2v) is 3.05. The maximum Gasteiger partial charge on any atom is 0.306 e. The highest BCUT2D eigenvalue weighted by atomic mass is 16.5. The summed E-state index contributed by atoms with van der Waals surface area (Å²) in [5.41, 5.74) is 0. The molecule has 0 N–H and O–H groups in total. The van der Waals surface area contributed by atoms with Gasteiger partial charge in [-0.15, -0.1) is 0 Å². The van der Waals surface area contributed by atoms with E-state index in [9.17, 15) is 9.59 Å². The molecule has 0 heterocycles. The number of hydrogen-bond acceptors (Lipinski definition) is 3. The van der Waals surface area contributed by atoms with Crippen LogP contribution in [0.3, 0.4) is 0 Å². The molecule has 0 aromatic heterocycles. The summed E-state index contributed by atoms with van der Waals surface area (Å²) in [7, 11) is 0. The minimum atomic E-state index is -0.268. The Morgan fingerprint density at radius 3 is 2.62 bits per heavy atom. The van der Waals surface area contributed by atoms with Crippen LogP contribution in [0.4, 0.5) is 0 Å². The van der Waals surface area contributed by atoms with Crippen molar-refractivity contribution in [3.05, 3.63) is 0 Å². The van der Waals surface area contributed by atoms with E-state index in [4.69, 9.17) is 4.74 Å². The fourth-order valence-corrected chi connectivity index (χ4v) is 1.12. The normalized spacial score (nSPS) is 12.2. The second-order valence-electron chi connectivity index (χ2n) is 3.05. The van der Waals surface area contributed by atoms with Crippen LogP contribution in [-0.2, 0) is 14.3 Å². The highest BCUT2D eigenvalue weighted by Crippen LogP contribution is 2.10. The van der Waals surface area contributed by atoms with Gasteiger partial charge in [0.05, 0.1) is 13.0 Å². The fourth-order valence-electron chi connectivity index (χ4n) is 1.12. The van der Waals surface area contributed by atoms with Crippen molar-refractivity contribution in [1.29, 1.82) is 0 Å². The van der Waals surface area contributed by atoms with Crippen LogP contribution >= 0.6 is 0 Å². The van der Waals surface area contributed by atoms with Gasteiger partial charge in [0.25, 0.3) is 0 Å². The molecular weight excluding hydrogens is 168 g/mol. The quantitative estimate of drug-likeness (QED) is 0.451. The van der Waals surface area contributed by atoms with Crippen LogP contribution in [0.5, 0.6) is 0 Å². The third kappa shape index (κ3) is 6.31. The molecule has 0 aliphatic carbocycles. The Labute approximate surface area is 79.5 Å². The van der Waals surface area contributed by atoms with Gasteiger partial charge in [0.1, 0.15) is 6.29 Å². The Morgan fingerprint density at radius 2 is 2.15 bits per heavy atom. The predicted octanol–water partition coefficient (Wildman–Crippen LogP) is 1.94. The summed E-state index contributed by atoms with van der Waals surface area (Å²) in [5.74, 6) is -0.422. The molecule has 0 fully saturated rings. The molecule has 13 heavy (non-hydrogen) atoms. The van der Waals surface area contributed by atoms with Gasteiger partial charge >= 0.3 is 5.97 Å². The summed E-state index contributed by atoms with van der Waals surface area (Å²) in [5, 5.41) is 0. The Kier molecular flexibility index (Phi) is 7.26. The van der Waals surface area contributed by atoms with Gasteiger partial charge in [-0.2, -0.15) is 0 Å². The third-order valence-corrected chi connectivity index (χ3v) is 1.86. The van der Waals surface area contributed by atoms with E-state index in [0.717, 1.165) is 25.5 Å². The van der Waals surface area contributed by atoms with Gasteiger partial charge in [0.15, 0.2) is 0 Å². The number of ether oxygens (including phenoxy) is 1. The summed E-state index contributed by atoms with van der Waals surface area (Å²) in [4.78, 5) is 21.5. The minimum Gasteiger partial charge on any atom is -0.466 e. The lowest BCUT2D eigenvalue weighted by atomic mass is 10.0. The first-order valence-electron chi connectivity index (χ1n) is 4.85. The van der Waals surface area contributed by atoms with Gasteiger partial charge in [0.2, 0.25) is 0 Å². The number of esters is 1. The van der Waals surface area contributed by atoms with Crippen molar-refractivity contribution in [3.8, 4) is 0 Å². The SMILES string of the molecule is CCCCC(C=O)CC(=O)OCC. The van der Waals surface area contributed by atoms with Gasteiger partial charge in [-0.25, -0.2) is 0 Å². The van der Waals surface area contributed by atoms with Crippen LogP contribution in [0.1, 0.15) is 39.5 Å². The fraction of sp³-hybridized carbons (Fsp3) is 0.800. The molecule has 0 saturated carbocycles. The average Bonchev–Trinajstić information content (AvgIpc) is 2.12. The number of aldehydes is 1. The number of unbranched alkanes of at least 4 members (excludes halogenated alkanes) is 1. The van der Waals surface area contributed by atoms with Crippen molar-refractivity contribution in [2.75, 3.05) is 6.61 Å². The van der Waals surface area contributed by atoms with E-state index < -0.39 is 0 Å². The van der Waals surface area contributed by atoms with Gasteiger partial charge in [-0.1, -0.05) is 19.8 Å². The molecule has 3 heteroatoms. The van der Waals surface area contributed by atoms with Gasteiger partial charge in [-0.3, -0.25) is 4.79 Å². The molecule has 0 amide bonds. The van der Waals surface area contributed by atoms with Crippen molar-refractivity contribution in [1.82, 2.24) is 0 Å². The number of carbonyl (C=O) groups excluding carboxylic acids is 2. The highest BCUT2D eigenvalue weighted by molar-refractivity contribution is 5.73. The molecule has 0 radical (unpaired) electrons. The maximum absolute atomic E-state index is 11.0. The maximum atomic E-state index is 11.0. The summed E-state index contributed by atoms with van der Waals surface area (Å²) in [6.07, 6.45) is 3.92. The van der Waals surface area contributed by atoms with E-state index in [1.165, 1.54) is 0 Å². The Balaban J connectivity index is 3.69. The van der Waals surface area contributed by atoms with Gasteiger partial charge < -0.3 is 9.53 Å². The zero-order chi connectivity index (χ0) is 10.1. The largest absolute Gasteiger partial charge is 0.466 e. The molecule has 0 rings (SSSR count). The minimum absolute atomic E-state index is 0.154. The molecule has 1 unspecified atom stereocenters. The zero-order valence-corrected chi connectivity index (χ0v) is 8.41. The van der Waals surface area contributed by atoms with E-state index in [1.807, 2.05) is 0 Å². The first-order chi connectivity index (χ1) is 6.24. The van der Waals surface area contributed by atoms with Gasteiger partial charge in [-0.05, 0) is 13.3 Å². The van der Waals surface area contributed by atoms with E-state index >= 15 is 0 Å². The van der Waals surface area contributed by atoms with E-state index in [2.05, 4.69) is 6.92 Å². The standard InChI is InChI=1S/C10H18O3/c1-3-5-6-9(8-11)7-10(12)13-4-2/h8-9H,3-7H2,1-2H3. The third-order valence-electron chi connectivity index (χ3n) is 1.86. The first kappa shape index (κ1) is 12.1. The Bertz CT molecular complexity index is 154. The molecule has 3 nitrogen and oxygen atoms in total. The van der Waals surface area contributed by atoms with Crippen LogP contribution in [0.2, 0.25) is 0 Å². The van der Waals surface area contributed by atoms with Crippen LogP contribution in [0, 0.1) is 5.92 Å². The van der Waals surface area contributed by atoms with Crippen LogP contribution in [-0.4, -0.2) is 18.9 Å². The lowest BCUT2D eigenvalue weighted by molar-refractivity contribution is -0.145. The summed E-state index contributed by atoms with van der Waals surface area (Å²) in [6, 6.07) is 0. The molecule has 0 aromatic carbocycles. The average molecular weight is 186 g/mol. The monoisotopic (exact) mass is 186 g/mol. The van der Waals surface area contributed by atoms with Crippen LogP contribution in [0.15, 0.2) is 0 Å². The van der Waals surface area contributed by atoms with Crippen molar-refractivity contribution >= 4 is 12.3 Å². The molecule has 0 bridgehead atoms. The smallest absolute Gasteiger partial charge is 0.306 e. The van der Waals surface area contributed by atoms with E-state index in [1.54, 1.807) is 6.92 Å². The van der Waals surface area contributed by atoms with Crippen LogP contribution < -0.4 is 0 Å². The molecule has 0 saturated heterocycles. The predicted molar refractivity (Wildman–Crippen MR) is 50.3 cm³/mol. The topological polar surface area (TPSA) is 43.4 Å². The number of carbonyl (C=O) groups is 2. The lowest BCUT2D eigenvalue weighted by Gasteiger charge is -2.07. The van der Waals surface area contributed by atoms with Crippen molar-refractivity contribution in [2.24, 2.45) is 5.92 Å². The molecule has 0 aliphatic heterocycles. The van der Waals surface area contributed by atoms with Crippen molar-refractivity contribution in [2.45, 2.75) is 39.5 Å². The van der Waals surface area contributed by atoms with Crippen molar-refractivity contribution in [3.63, 3.8) is 0 Å². The van der Waals surface area contributed by atoms with Crippen LogP contribution in [0.25, 0.3) is 0 Å². The molecule has 0 spiro atoms. The molecule has 76 valence electrons. The van der Waals surface area contributed by atoms with E-state index in [-0.39, 0.29) is 18.3 Å². The molecular formula is C10H18O3. The second kappa shape index (κ2) is 7.77. The molecule has 1 atom stereocenters. The van der Waals surface area contributed by atoms with Gasteiger partial charge in [0, 0.05) is 5.92 Å². The first-order valence-corrected chi connectivity index (χ1v) is 4.85. The zero-order valence-electron chi connectivity index (χ0n) is 8.41. The van der Waals surface area contributed by atoms with Crippen molar-refractivity contribution < 1.29 is 14.3 Å². The molecule has 0 aromatic rings. The summed E-state index contributed by atoms with van der Waals surface area (Å²) < 4.78 is 4.76. The lowest BCUT2D eigenvalue weighted by Crippen LogP contribution is -2.12. The summed E-state index contributed by atoms with van der Waals surface area (Å²) >= 11 is 0. The molecule has 0 aliphatic rings. The number of hydrogen-bond donors (Lipinski definition) is 0. The van der Waals surface area contributed by atoms with E-state index in [0.29, 0.717) is 6.61 Å². The number of rotatable bonds is 7. The summed E-state index contributed by atoms with van der Waals surface area (Å²) in [6.45, 7) is 4.21. The Hall–Kier alpha value is -0.860. The Morgan fingerprint density at radius 1 is 1.46 bits per heavy atom. The highest BCUT2D eigenvalue weighted by Gasteiger charge is 2.12.